The fraction of sp³-hybridized carbons (Fsp3) is 0.129. The number of aromatic nitrogens is 3. The normalized spacial score (nSPS) is 11.5. The molecule has 5 rings (SSSR count). The van der Waals surface area contributed by atoms with Gasteiger partial charge in [0.25, 0.3) is 0 Å². The first-order valence-corrected chi connectivity index (χ1v) is 13.8. The topological polar surface area (TPSA) is 86.5 Å². The van der Waals surface area contributed by atoms with Crippen molar-refractivity contribution in [3.8, 4) is 22.9 Å². The summed E-state index contributed by atoms with van der Waals surface area (Å²) in [5.74, 6) is 0.639. The second kappa shape index (κ2) is 12.3. The van der Waals surface area contributed by atoms with Gasteiger partial charge in [-0.25, -0.2) is 4.79 Å². The first-order valence-electron chi connectivity index (χ1n) is 12.6. The number of carbonyl (C=O) groups is 1. The van der Waals surface area contributed by atoms with Gasteiger partial charge in [0.1, 0.15) is 11.5 Å². The molecule has 5 aromatic rings. The van der Waals surface area contributed by atoms with E-state index in [0.717, 1.165) is 33.7 Å². The predicted molar refractivity (Wildman–Crippen MR) is 159 cm³/mol. The Bertz CT molecular complexity index is 1690. The number of nitrogens with zero attached hydrogens (tertiary/aromatic N) is 3. The van der Waals surface area contributed by atoms with E-state index in [-0.39, 0.29) is 4.91 Å². The summed E-state index contributed by atoms with van der Waals surface area (Å²) in [5, 5.41) is 21.9. The molecule has 0 aliphatic carbocycles. The van der Waals surface area contributed by atoms with Gasteiger partial charge in [0, 0.05) is 17.1 Å². The van der Waals surface area contributed by atoms with Gasteiger partial charge in [-0.05, 0) is 83.1 Å². The number of carboxylic acids is 1. The Balaban J connectivity index is 1.38. The van der Waals surface area contributed by atoms with Gasteiger partial charge in [-0.1, -0.05) is 60.1 Å². The quantitative estimate of drug-likeness (QED) is 0.137. The number of thioether (sulfide) groups is 1. The molecule has 0 aliphatic rings. The van der Waals surface area contributed by atoms with Crippen molar-refractivity contribution >= 4 is 46.2 Å². The number of rotatable bonds is 10. The van der Waals surface area contributed by atoms with Crippen LogP contribution in [0.25, 0.3) is 28.2 Å². The highest BCUT2D eigenvalue weighted by atomic mass is 35.5. The zero-order valence-electron chi connectivity index (χ0n) is 21.9. The van der Waals surface area contributed by atoms with E-state index in [0.29, 0.717) is 46.2 Å². The standard InChI is InChI=1S/C31H26ClN3O4S/c1-3-35-29(22-12-14-24(32)15-13-22)33-34-31(35)40-28(30(36)37)18-20-11-16-26(27(17-20)38-2)39-19-23-9-6-8-21-7-4-5-10-25(21)23/h4-18H,3,19H2,1-2H3,(H,36,37)/b28-18-. The summed E-state index contributed by atoms with van der Waals surface area (Å²) in [6, 6.07) is 26.9. The Morgan fingerprint density at radius 2 is 1.77 bits per heavy atom. The van der Waals surface area contributed by atoms with Crippen LogP contribution in [0.2, 0.25) is 5.02 Å². The second-order valence-electron chi connectivity index (χ2n) is 8.81. The molecule has 9 heteroatoms. The molecule has 202 valence electrons. The second-order valence-corrected chi connectivity index (χ2v) is 10.3. The van der Waals surface area contributed by atoms with E-state index in [9.17, 15) is 9.90 Å². The fourth-order valence-corrected chi connectivity index (χ4v) is 5.33. The average molecular weight is 572 g/mol. The summed E-state index contributed by atoms with van der Waals surface area (Å²) in [7, 11) is 1.56. The Labute approximate surface area is 241 Å². The van der Waals surface area contributed by atoms with Gasteiger partial charge >= 0.3 is 5.97 Å². The number of methoxy groups -OCH3 is 1. The largest absolute Gasteiger partial charge is 0.493 e. The third-order valence-electron chi connectivity index (χ3n) is 6.30. The lowest BCUT2D eigenvalue weighted by molar-refractivity contribution is -0.131. The van der Waals surface area contributed by atoms with Crippen LogP contribution in [-0.2, 0) is 17.9 Å². The van der Waals surface area contributed by atoms with Crippen molar-refractivity contribution < 1.29 is 19.4 Å². The maximum atomic E-state index is 12.2. The number of benzene rings is 4. The molecule has 0 unspecified atom stereocenters. The van der Waals surface area contributed by atoms with Crippen LogP contribution in [0, 0.1) is 0 Å². The highest BCUT2D eigenvalue weighted by molar-refractivity contribution is 8.04. The van der Waals surface area contributed by atoms with Gasteiger partial charge in [-0.3, -0.25) is 0 Å². The van der Waals surface area contributed by atoms with Crippen molar-refractivity contribution in [2.45, 2.75) is 25.2 Å². The Morgan fingerprint density at radius 3 is 2.52 bits per heavy atom. The van der Waals surface area contributed by atoms with Crippen LogP contribution >= 0.6 is 23.4 Å². The number of ether oxygens (including phenoxy) is 2. The first-order chi connectivity index (χ1) is 19.5. The summed E-state index contributed by atoms with van der Waals surface area (Å²) in [4.78, 5) is 12.3. The van der Waals surface area contributed by atoms with E-state index in [1.54, 1.807) is 43.5 Å². The molecule has 0 saturated heterocycles. The van der Waals surface area contributed by atoms with Crippen LogP contribution in [0.4, 0.5) is 0 Å². The fourth-order valence-electron chi connectivity index (χ4n) is 4.31. The highest BCUT2D eigenvalue weighted by Gasteiger charge is 2.19. The van der Waals surface area contributed by atoms with Crippen LogP contribution in [0.5, 0.6) is 11.5 Å². The maximum Gasteiger partial charge on any atom is 0.342 e. The van der Waals surface area contributed by atoms with Crippen molar-refractivity contribution in [1.82, 2.24) is 14.8 Å². The summed E-state index contributed by atoms with van der Waals surface area (Å²) in [6.07, 6.45) is 1.58. The molecule has 0 bridgehead atoms. The minimum Gasteiger partial charge on any atom is -0.493 e. The third-order valence-corrected chi connectivity index (χ3v) is 7.55. The number of halogens is 1. The Hall–Kier alpha value is -4.27. The van der Waals surface area contributed by atoms with Gasteiger partial charge in [0.05, 0.1) is 7.11 Å². The molecular formula is C31H26ClN3O4S. The van der Waals surface area contributed by atoms with Crippen LogP contribution in [0.3, 0.4) is 0 Å². The van der Waals surface area contributed by atoms with E-state index in [1.165, 1.54) is 0 Å². The molecule has 0 aliphatic heterocycles. The van der Waals surface area contributed by atoms with Crippen molar-refractivity contribution in [3.05, 3.63) is 106 Å². The Kier molecular flexibility index (Phi) is 8.38. The van der Waals surface area contributed by atoms with Gasteiger partial charge in [0.15, 0.2) is 22.5 Å². The highest BCUT2D eigenvalue weighted by Crippen LogP contribution is 2.34. The number of hydrogen-bond acceptors (Lipinski definition) is 6. The van der Waals surface area contributed by atoms with Crippen LogP contribution < -0.4 is 9.47 Å². The van der Waals surface area contributed by atoms with Gasteiger partial charge < -0.3 is 19.1 Å². The van der Waals surface area contributed by atoms with Crippen LogP contribution in [0.15, 0.2) is 95.0 Å². The molecule has 4 aromatic carbocycles. The molecule has 1 N–H and O–H groups in total. The first kappa shape index (κ1) is 27.3. The molecule has 0 radical (unpaired) electrons. The number of hydrogen-bond donors (Lipinski definition) is 1. The molecule has 0 fully saturated rings. The molecule has 0 saturated carbocycles. The SMILES string of the molecule is CCn1c(S/C(=C\c2ccc(OCc3cccc4ccccc34)c(OC)c2)C(=O)O)nnc1-c1ccc(Cl)cc1. The third kappa shape index (κ3) is 5.98. The molecule has 40 heavy (non-hydrogen) atoms. The average Bonchev–Trinajstić information content (AvgIpc) is 3.38. The minimum absolute atomic E-state index is 0.0937. The molecule has 7 nitrogen and oxygen atoms in total. The zero-order chi connectivity index (χ0) is 28.1. The summed E-state index contributed by atoms with van der Waals surface area (Å²) < 4.78 is 13.6. The lowest BCUT2D eigenvalue weighted by atomic mass is 10.1. The monoisotopic (exact) mass is 571 g/mol. The Morgan fingerprint density at radius 1 is 1.00 bits per heavy atom. The predicted octanol–water partition coefficient (Wildman–Crippen LogP) is 7.58. The molecule has 0 spiro atoms. The van der Waals surface area contributed by atoms with Crippen molar-refractivity contribution in [2.24, 2.45) is 0 Å². The summed E-state index contributed by atoms with van der Waals surface area (Å²) >= 11 is 7.06. The molecule has 0 atom stereocenters. The molecule has 1 aromatic heterocycles. The number of aliphatic carboxylic acids is 1. The number of fused-ring (bicyclic) bond motifs is 1. The summed E-state index contributed by atoms with van der Waals surface area (Å²) in [6.45, 7) is 2.89. The van der Waals surface area contributed by atoms with Gasteiger partial charge in [-0.2, -0.15) is 0 Å². The molecule has 1 heterocycles. The number of carboxylic acid groups (broad SMARTS) is 1. The molecular weight excluding hydrogens is 546 g/mol. The van der Waals surface area contributed by atoms with Crippen molar-refractivity contribution in [3.63, 3.8) is 0 Å². The van der Waals surface area contributed by atoms with E-state index in [4.69, 9.17) is 21.1 Å². The maximum absolute atomic E-state index is 12.2. The van der Waals surface area contributed by atoms with Gasteiger partial charge in [-0.15, -0.1) is 10.2 Å². The molecule has 0 amide bonds. The summed E-state index contributed by atoms with van der Waals surface area (Å²) in [5.41, 5.74) is 2.56. The minimum atomic E-state index is -1.07. The van der Waals surface area contributed by atoms with Crippen LogP contribution in [0.1, 0.15) is 18.1 Å². The van der Waals surface area contributed by atoms with E-state index < -0.39 is 5.97 Å². The zero-order valence-corrected chi connectivity index (χ0v) is 23.4. The smallest absolute Gasteiger partial charge is 0.342 e. The van der Waals surface area contributed by atoms with E-state index in [1.807, 2.05) is 47.9 Å². The van der Waals surface area contributed by atoms with E-state index >= 15 is 0 Å². The van der Waals surface area contributed by atoms with Crippen molar-refractivity contribution in [1.29, 1.82) is 0 Å². The van der Waals surface area contributed by atoms with Crippen LogP contribution in [-0.4, -0.2) is 33.0 Å². The van der Waals surface area contributed by atoms with Crippen molar-refractivity contribution in [2.75, 3.05) is 7.11 Å². The van der Waals surface area contributed by atoms with Gasteiger partial charge in [0.2, 0.25) is 0 Å². The lowest BCUT2D eigenvalue weighted by Gasteiger charge is -2.13. The lowest BCUT2D eigenvalue weighted by Crippen LogP contribution is -2.03. The van der Waals surface area contributed by atoms with E-state index in [2.05, 4.69) is 28.4 Å².